The lowest BCUT2D eigenvalue weighted by Crippen LogP contribution is -2.43. The van der Waals surface area contributed by atoms with Gasteiger partial charge in [0.05, 0.1) is 6.04 Å². The molecule has 0 bridgehead atoms. The van der Waals surface area contributed by atoms with E-state index in [1.54, 1.807) is 0 Å². The SMILES string of the molecule is CC(NC(=S)NC1CCCCC1)c1cccc(Cl)c1. The molecule has 104 valence electrons. The molecule has 0 heterocycles. The van der Waals surface area contributed by atoms with E-state index in [-0.39, 0.29) is 6.04 Å². The third-order valence-corrected chi connectivity index (χ3v) is 4.11. The standard InChI is InChI=1S/C15H21ClN2S/c1-11(12-6-5-7-13(16)10-12)17-15(19)18-14-8-3-2-4-9-14/h5-7,10-11,14H,2-4,8-9H2,1H3,(H2,17,18,19). The van der Waals surface area contributed by atoms with Crippen molar-refractivity contribution >= 4 is 28.9 Å². The maximum atomic E-state index is 6.00. The molecule has 1 fully saturated rings. The van der Waals surface area contributed by atoms with Crippen LogP contribution in [0.1, 0.15) is 50.6 Å². The zero-order valence-corrected chi connectivity index (χ0v) is 12.9. The van der Waals surface area contributed by atoms with Crippen LogP contribution in [0.5, 0.6) is 0 Å². The predicted octanol–water partition coefficient (Wildman–Crippen LogP) is 4.20. The Hall–Kier alpha value is -0.800. The Balaban J connectivity index is 1.84. The van der Waals surface area contributed by atoms with Gasteiger partial charge in [-0.05, 0) is 49.7 Å². The first-order valence-corrected chi connectivity index (χ1v) is 7.76. The summed E-state index contributed by atoms with van der Waals surface area (Å²) in [6.45, 7) is 2.10. The summed E-state index contributed by atoms with van der Waals surface area (Å²) in [6.07, 6.45) is 6.44. The van der Waals surface area contributed by atoms with E-state index in [4.69, 9.17) is 23.8 Å². The van der Waals surface area contributed by atoms with Gasteiger partial charge in [0.1, 0.15) is 0 Å². The highest BCUT2D eigenvalue weighted by Crippen LogP contribution is 2.19. The van der Waals surface area contributed by atoms with Crippen LogP contribution in [0.4, 0.5) is 0 Å². The number of rotatable bonds is 3. The van der Waals surface area contributed by atoms with Crippen LogP contribution in [-0.2, 0) is 0 Å². The molecule has 1 atom stereocenters. The minimum absolute atomic E-state index is 0.169. The quantitative estimate of drug-likeness (QED) is 0.818. The molecule has 19 heavy (non-hydrogen) atoms. The molecule has 0 aromatic heterocycles. The number of hydrogen-bond donors (Lipinski definition) is 2. The van der Waals surface area contributed by atoms with E-state index in [1.165, 1.54) is 32.1 Å². The Kier molecular flexibility index (Phi) is 5.46. The van der Waals surface area contributed by atoms with Gasteiger partial charge in [0, 0.05) is 11.1 Å². The zero-order valence-electron chi connectivity index (χ0n) is 11.3. The molecule has 1 aromatic rings. The minimum Gasteiger partial charge on any atom is -0.360 e. The molecule has 0 saturated heterocycles. The molecule has 0 aliphatic heterocycles. The molecule has 0 amide bonds. The maximum Gasteiger partial charge on any atom is 0.166 e. The number of thiocarbonyl (C=S) groups is 1. The first-order chi connectivity index (χ1) is 9.15. The first-order valence-electron chi connectivity index (χ1n) is 6.97. The van der Waals surface area contributed by atoms with E-state index in [1.807, 2.05) is 18.2 Å². The molecule has 2 N–H and O–H groups in total. The second kappa shape index (κ2) is 7.11. The molecular weight excluding hydrogens is 276 g/mol. The van der Waals surface area contributed by atoms with Gasteiger partial charge in [0.25, 0.3) is 0 Å². The third kappa shape index (κ3) is 4.66. The fourth-order valence-corrected chi connectivity index (χ4v) is 3.07. The highest BCUT2D eigenvalue weighted by molar-refractivity contribution is 7.80. The van der Waals surface area contributed by atoms with Crippen LogP contribution >= 0.6 is 23.8 Å². The molecule has 1 aliphatic carbocycles. The molecule has 0 spiro atoms. The van der Waals surface area contributed by atoms with Crippen molar-refractivity contribution in [3.8, 4) is 0 Å². The molecule has 0 radical (unpaired) electrons. The molecule has 2 rings (SSSR count). The molecule has 1 aromatic carbocycles. The smallest absolute Gasteiger partial charge is 0.166 e. The first kappa shape index (κ1) is 14.6. The lowest BCUT2D eigenvalue weighted by molar-refractivity contribution is 0.411. The molecule has 1 aliphatic rings. The molecule has 1 unspecified atom stereocenters. The molecule has 2 nitrogen and oxygen atoms in total. The lowest BCUT2D eigenvalue weighted by Gasteiger charge is -2.26. The van der Waals surface area contributed by atoms with E-state index in [2.05, 4.69) is 23.6 Å². The highest BCUT2D eigenvalue weighted by Gasteiger charge is 2.15. The normalized spacial score (nSPS) is 17.8. The number of hydrogen-bond acceptors (Lipinski definition) is 1. The Bertz CT molecular complexity index is 430. The largest absolute Gasteiger partial charge is 0.360 e. The zero-order chi connectivity index (χ0) is 13.7. The number of nitrogens with one attached hydrogen (secondary N) is 2. The second-order valence-corrected chi connectivity index (χ2v) is 6.07. The van der Waals surface area contributed by atoms with Crippen LogP contribution in [-0.4, -0.2) is 11.2 Å². The summed E-state index contributed by atoms with van der Waals surface area (Å²) >= 11 is 11.4. The summed E-state index contributed by atoms with van der Waals surface area (Å²) < 4.78 is 0. The van der Waals surface area contributed by atoms with E-state index < -0.39 is 0 Å². The maximum absolute atomic E-state index is 6.00. The Morgan fingerprint density at radius 2 is 2.05 bits per heavy atom. The monoisotopic (exact) mass is 296 g/mol. The van der Waals surface area contributed by atoms with Crippen molar-refractivity contribution in [2.45, 2.75) is 51.1 Å². The summed E-state index contributed by atoms with van der Waals surface area (Å²) in [5, 5.41) is 8.26. The van der Waals surface area contributed by atoms with Gasteiger partial charge in [-0.1, -0.05) is 43.0 Å². The third-order valence-electron chi connectivity index (χ3n) is 3.64. The van der Waals surface area contributed by atoms with Crippen LogP contribution in [0.2, 0.25) is 5.02 Å². The van der Waals surface area contributed by atoms with Crippen LogP contribution in [0.25, 0.3) is 0 Å². The van der Waals surface area contributed by atoms with Crippen LogP contribution in [0.3, 0.4) is 0 Å². The van der Waals surface area contributed by atoms with Crippen molar-refractivity contribution in [2.24, 2.45) is 0 Å². The van der Waals surface area contributed by atoms with Crippen molar-refractivity contribution in [1.82, 2.24) is 10.6 Å². The Morgan fingerprint density at radius 1 is 1.32 bits per heavy atom. The van der Waals surface area contributed by atoms with Crippen molar-refractivity contribution in [2.75, 3.05) is 0 Å². The lowest BCUT2D eigenvalue weighted by atomic mass is 9.96. The summed E-state index contributed by atoms with van der Waals surface area (Å²) in [4.78, 5) is 0. The van der Waals surface area contributed by atoms with Crippen molar-refractivity contribution in [1.29, 1.82) is 0 Å². The summed E-state index contributed by atoms with van der Waals surface area (Å²) in [6, 6.07) is 8.60. The van der Waals surface area contributed by atoms with Gasteiger partial charge in [0.15, 0.2) is 5.11 Å². The van der Waals surface area contributed by atoms with Crippen molar-refractivity contribution < 1.29 is 0 Å². The van der Waals surface area contributed by atoms with Gasteiger partial charge in [-0.2, -0.15) is 0 Å². The summed E-state index contributed by atoms with van der Waals surface area (Å²) in [7, 11) is 0. The highest BCUT2D eigenvalue weighted by atomic mass is 35.5. The van der Waals surface area contributed by atoms with E-state index in [9.17, 15) is 0 Å². The van der Waals surface area contributed by atoms with Gasteiger partial charge in [-0.3, -0.25) is 0 Å². The predicted molar refractivity (Wildman–Crippen MR) is 85.6 cm³/mol. The van der Waals surface area contributed by atoms with Crippen molar-refractivity contribution in [3.05, 3.63) is 34.9 Å². The Labute approximate surface area is 125 Å². The van der Waals surface area contributed by atoms with Gasteiger partial charge < -0.3 is 10.6 Å². The Morgan fingerprint density at radius 3 is 2.74 bits per heavy atom. The molecular formula is C15H21ClN2S. The van der Waals surface area contributed by atoms with Crippen LogP contribution in [0, 0.1) is 0 Å². The minimum atomic E-state index is 0.169. The summed E-state index contributed by atoms with van der Waals surface area (Å²) in [5.74, 6) is 0. The van der Waals surface area contributed by atoms with Gasteiger partial charge in [-0.15, -0.1) is 0 Å². The average Bonchev–Trinajstić information content (AvgIpc) is 2.39. The van der Waals surface area contributed by atoms with Crippen molar-refractivity contribution in [3.63, 3.8) is 0 Å². The second-order valence-electron chi connectivity index (χ2n) is 5.23. The van der Waals surface area contributed by atoms with E-state index in [0.29, 0.717) is 6.04 Å². The van der Waals surface area contributed by atoms with Gasteiger partial charge >= 0.3 is 0 Å². The molecule has 1 saturated carbocycles. The fraction of sp³-hybridized carbons (Fsp3) is 0.533. The number of halogens is 1. The van der Waals surface area contributed by atoms with E-state index >= 15 is 0 Å². The molecule has 4 heteroatoms. The number of benzene rings is 1. The summed E-state index contributed by atoms with van der Waals surface area (Å²) in [5.41, 5.74) is 1.15. The fourth-order valence-electron chi connectivity index (χ4n) is 2.53. The van der Waals surface area contributed by atoms with E-state index in [0.717, 1.165) is 15.7 Å². The average molecular weight is 297 g/mol. The van der Waals surface area contributed by atoms with Crippen LogP contribution in [0.15, 0.2) is 24.3 Å². The van der Waals surface area contributed by atoms with Gasteiger partial charge in [0.2, 0.25) is 0 Å². The van der Waals surface area contributed by atoms with Crippen LogP contribution < -0.4 is 10.6 Å². The topological polar surface area (TPSA) is 24.1 Å². The van der Waals surface area contributed by atoms with Gasteiger partial charge in [-0.25, -0.2) is 0 Å².